The topological polar surface area (TPSA) is 65.0 Å². The Hall–Kier alpha value is -0.650. The number of carbonyl (C=O) groups is 1. The fraction of sp³-hybridized carbons (Fsp3) is 0.909. The van der Waals surface area contributed by atoms with Gasteiger partial charge < -0.3 is 19.3 Å². The number of aliphatic hydroxyl groups excluding tert-OH is 1. The van der Waals surface area contributed by atoms with Crippen LogP contribution in [0.4, 0.5) is 0 Å². The highest BCUT2D eigenvalue weighted by Crippen LogP contribution is 2.44. The van der Waals surface area contributed by atoms with Gasteiger partial charge in [-0.15, -0.1) is 0 Å². The Kier molecular flexibility index (Phi) is 2.42. The molecule has 1 saturated carbocycles. The molecule has 0 bridgehead atoms. The Labute approximate surface area is 93.7 Å². The average Bonchev–Trinajstić information content (AvgIpc) is 2.80. The Morgan fingerprint density at radius 1 is 1.38 bits per heavy atom. The highest BCUT2D eigenvalue weighted by Gasteiger charge is 2.53. The van der Waals surface area contributed by atoms with Crippen molar-refractivity contribution in [1.82, 2.24) is 0 Å². The first-order valence-corrected chi connectivity index (χ1v) is 5.80. The minimum atomic E-state index is -0.443. The van der Waals surface area contributed by atoms with Crippen molar-refractivity contribution in [3.63, 3.8) is 0 Å². The van der Waals surface area contributed by atoms with E-state index in [4.69, 9.17) is 14.2 Å². The second-order valence-corrected chi connectivity index (χ2v) is 4.85. The quantitative estimate of drug-likeness (QED) is 0.643. The molecular weight excluding hydrogens is 212 g/mol. The molecule has 5 nitrogen and oxygen atoms in total. The molecule has 3 aliphatic rings. The first kappa shape index (κ1) is 10.5. The van der Waals surface area contributed by atoms with Crippen LogP contribution in [0.1, 0.15) is 19.8 Å². The first-order valence-electron chi connectivity index (χ1n) is 5.80. The molecular formula is C11H16O5. The normalized spacial score (nSPS) is 51.8. The largest absolute Gasteiger partial charge is 0.462 e. The van der Waals surface area contributed by atoms with Gasteiger partial charge in [0.15, 0.2) is 6.29 Å². The molecule has 16 heavy (non-hydrogen) atoms. The van der Waals surface area contributed by atoms with E-state index in [0.717, 1.165) is 0 Å². The number of hydrogen-bond donors (Lipinski definition) is 1. The molecule has 0 amide bonds. The lowest BCUT2D eigenvalue weighted by atomic mass is 9.87. The molecule has 2 unspecified atom stereocenters. The molecule has 0 radical (unpaired) electrons. The van der Waals surface area contributed by atoms with E-state index >= 15 is 0 Å². The summed E-state index contributed by atoms with van der Waals surface area (Å²) < 4.78 is 16.1. The van der Waals surface area contributed by atoms with Gasteiger partial charge >= 0.3 is 5.97 Å². The second kappa shape index (κ2) is 3.68. The van der Waals surface area contributed by atoms with Crippen LogP contribution in [0, 0.1) is 11.8 Å². The van der Waals surface area contributed by atoms with Crippen LogP contribution < -0.4 is 0 Å². The molecule has 3 rings (SSSR count). The predicted molar refractivity (Wildman–Crippen MR) is 52.4 cm³/mol. The van der Waals surface area contributed by atoms with Crippen LogP contribution in [0.5, 0.6) is 0 Å². The molecule has 0 aromatic carbocycles. The Bertz CT molecular complexity index is 305. The van der Waals surface area contributed by atoms with Crippen LogP contribution in [0.3, 0.4) is 0 Å². The summed E-state index contributed by atoms with van der Waals surface area (Å²) in [5.41, 5.74) is 0. The van der Waals surface area contributed by atoms with Crippen LogP contribution >= 0.6 is 0 Å². The number of ether oxygens (including phenoxy) is 3. The van der Waals surface area contributed by atoms with E-state index in [2.05, 4.69) is 0 Å². The van der Waals surface area contributed by atoms with Gasteiger partial charge in [0.2, 0.25) is 0 Å². The average molecular weight is 228 g/mol. The molecule has 90 valence electrons. The molecule has 6 atom stereocenters. The summed E-state index contributed by atoms with van der Waals surface area (Å²) in [4.78, 5) is 11.2. The molecule has 1 aliphatic carbocycles. The predicted octanol–water partition coefficient (Wildman–Crippen LogP) is 0.0603. The highest BCUT2D eigenvalue weighted by atomic mass is 16.7. The summed E-state index contributed by atoms with van der Waals surface area (Å²) in [6.45, 7) is 2.34. The Balaban J connectivity index is 1.76. The number of aliphatic hydroxyl groups is 1. The summed E-state index contributed by atoms with van der Waals surface area (Å²) in [6.07, 6.45) is 0.0634. The molecule has 1 N–H and O–H groups in total. The number of esters is 1. The number of rotatable bonds is 1. The fourth-order valence-electron chi connectivity index (χ4n) is 3.20. The maximum Gasteiger partial charge on any atom is 0.306 e. The number of hydrogen-bond acceptors (Lipinski definition) is 5. The summed E-state index contributed by atoms with van der Waals surface area (Å²) in [6, 6.07) is 0. The number of carbonyl (C=O) groups excluding carboxylic acids is 1. The Morgan fingerprint density at radius 2 is 2.19 bits per heavy atom. The van der Waals surface area contributed by atoms with E-state index < -0.39 is 6.10 Å². The smallest absolute Gasteiger partial charge is 0.306 e. The van der Waals surface area contributed by atoms with E-state index in [-0.39, 0.29) is 36.3 Å². The summed E-state index contributed by atoms with van der Waals surface area (Å²) in [7, 11) is 0. The zero-order valence-electron chi connectivity index (χ0n) is 9.17. The summed E-state index contributed by atoms with van der Waals surface area (Å²) in [5.74, 6) is -0.0818. The van der Waals surface area contributed by atoms with E-state index in [0.29, 0.717) is 19.4 Å². The lowest BCUT2D eigenvalue weighted by Crippen LogP contribution is -2.34. The lowest BCUT2D eigenvalue weighted by molar-refractivity contribution is -0.141. The van der Waals surface area contributed by atoms with Crippen molar-refractivity contribution >= 4 is 5.97 Å². The molecule has 0 aromatic heterocycles. The summed E-state index contributed by atoms with van der Waals surface area (Å²) in [5, 5.41) is 10.0. The standard InChI is InChI=1S/C11H16O5/c1-5-14-4-9(15-5)11-6-2-10(13)16-8(6)3-7(11)12/h5-9,11-12H,2-4H2,1H3/t5?,6-,7+,8-,9?,11+/m0/s1. The third-order valence-corrected chi connectivity index (χ3v) is 3.87. The third kappa shape index (κ3) is 1.54. The first-order chi connectivity index (χ1) is 7.65. The molecule has 0 aromatic rings. The van der Waals surface area contributed by atoms with Gasteiger partial charge in [-0.2, -0.15) is 0 Å². The third-order valence-electron chi connectivity index (χ3n) is 3.87. The van der Waals surface area contributed by atoms with Crippen LogP contribution in [-0.2, 0) is 19.0 Å². The van der Waals surface area contributed by atoms with Crippen molar-refractivity contribution in [2.75, 3.05) is 6.61 Å². The number of fused-ring (bicyclic) bond motifs is 1. The van der Waals surface area contributed by atoms with Crippen molar-refractivity contribution in [1.29, 1.82) is 0 Å². The molecule has 2 aliphatic heterocycles. The lowest BCUT2D eigenvalue weighted by Gasteiger charge is -2.24. The molecule has 2 heterocycles. The summed E-state index contributed by atoms with van der Waals surface area (Å²) >= 11 is 0. The van der Waals surface area contributed by atoms with E-state index in [9.17, 15) is 9.90 Å². The minimum Gasteiger partial charge on any atom is -0.462 e. The van der Waals surface area contributed by atoms with Gasteiger partial charge in [0, 0.05) is 18.3 Å². The van der Waals surface area contributed by atoms with Crippen LogP contribution in [0.25, 0.3) is 0 Å². The van der Waals surface area contributed by atoms with Crippen molar-refractivity contribution in [3.05, 3.63) is 0 Å². The Morgan fingerprint density at radius 3 is 2.88 bits per heavy atom. The zero-order valence-corrected chi connectivity index (χ0v) is 9.17. The van der Waals surface area contributed by atoms with Gasteiger partial charge in [-0.05, 0) is 6.92 Å². The van der Waals surface area contributed by atoms with Crippen LogP contribution in [0.2, 0.25) is 0 Å². The van der Waals surface area contributed by atoms with E-state index in [1.807, 2.05) is 6.92 Å². The van der Waals surface area contributed by atoms with E-state index in [1.54, 1.807) is 0 Å². The van der Waals surface area contributed by atoms with E-state index in [1.165, 1.54) is 0 Å². The van der Waals surface area contributed by atoms with Gasteiger partial charge in [-0.1, -0.05) is 0 Å². The van der Waals surface area contributed by atoms with Crippen molar-refractivity contribution in [2.24, 2.45) is 11.8 Å². The van der Waals surface area contributed by atoms with Crippen molar-refractivity contribution in [3.8, 4) is 0 Å². The van der Waals surface area contributed by atoms with Gasteiger partial charge in [0.05, 0.1) is 25.2 Å². The molecule has 0 spiro atoms. The van der Waals surface area contributed by atoms with Crippen molar-refractivity contribution in [2.45, 2.75) is 44.4 Å². The SMILES string of the molecule is CC1OCC([C@@H]2[C@H]3CC(=O)O[C@H]3C[C@H]2O)O1. The van der Waals surface area contributed by atoms with Gasteiger partial charge in [0.25, 0.3) is 0 Å². The fourth-order valence-corrected chi connectivity index (χ4v) is 3.20. The molecule has 5 heteroatoms. The van der Waals surface area contributed by atoms with Crippen LogP contribution in [0.15, 0.2) is 0 Å². The van der Waals surface area contributed by atoms with Gasteiger partial charge in [-0.3, -0.25) is 4.79 Å². The molecule has 3 fully saturated rings. The highest BCUT2D eigenvalue weighted by molar-refractivity contribution is 5.72. The van der Waals surface area contributed by atoms with Crippen molar-refractivity contribution < 1.29 is 24.1 Å². The second-order valence-electron chi connectivity index (χ2n) is 4.85. The minimum absolute atomic E-state index is 0.0265. The zero-order chi connectivity index (χ0) is 11.3. The maximum atomic E-state index is 11.2. The maximum absolute atomic E-state index is 11.2. The van der Waals surface area contributed by atoms with Gasteiger partial charge in [0.1, 0.15) is 6.10 Å². The monoisotopic (exact) mass is 228 g/mol. The van der Waals surface area contributed by atoms with Crippen LogP contribution in [-0.4, -0.2) is 42.3 Å². The molecule has 2 saturated heterocycles. The van der Waals surface area contributed by atoms with Gasteiger partial charge in [-0.25, -0.2) is 0 Å².